The van der Waals surface area contributed by atoms with Crippen LogP contribution in [0.5, 0.6) is 0 Å². The molecule has 0 saturated carbocycles. The molecule has 10 heteroatoms. The number of amides is 1. The summed E-state index contributed by atoms with van der Waals surface area (Å²) >= 11 is -0.199. The van der Waals surface area contributed by atoms with Gasteiger partial charge in [0, 0.05) is 18.2 Å². The zero-order chi connectivity index (χ0) is 16.0. The first-order valence-corrected chi connectivity index (χ1v) is 7.05. The number of alkyl halides is 3. The zero-order valence-corrected chi connectivity index (χ0v) is 12.3. The minimum atomic E-state index is -4.31. The van der Waals surface area contributed by atoms with E-state index in [0.717, 1.165) is 0 Å². The van der Waals surface area contributed by atoms with Gasteiger partial charge in [-0.05, 0) is 11.8 Å². The average molecular weight is 323 g/mol. The number of aromatic nitrogens is 2. The first kappa shape index (κ1) is 17.5. The quantitative estimate of drug-likeness (QED) is 0.420. The second-order valence-corrected chi connectivity index (χ2v) is 5.50. The van der Waals surface area contributed by atoms with E-state index in [2.05, 4.69) is 20.7 Å². The van der Waals surface area contributed by atoms with Crippen molar-refractivity contribution in [1.82, 2.24) is 15.3 Å². The van der Waals surface area contributed by atoms with Gasteiger partial charge in [-0.1, -0.05) is 13.8 Å². The lowest BCUT2D eigenvalue weighted by Gasteiger charge is -2.11. The van der Waals surface area contributed by atoms with Crippen molar-refractivity contribution in [3.8, 4) is 0 Å². The normalized spacial score (nSPS) is 11.6. The topological polar surface area (TPSA) is 92.9 Å². The number of halogens is 3. The van der Waals surface area contributed by atoms with Crippen molar-refractivity contribution in [3.63, 3.8) is 0 Å². The Morgan fingerprint density at radius 2 is 2.14 bits per heavy atom. The van der Waals surface area contributed by atoms with Crippen molar-refractivity contribution in [2.75, 3.05) is 17.7 Å². The van der Waals surface area contributed by atoms with Gasteiger partial charge in [-0.15, -0.1) is 0 Å². The maximum atomic E-state index is 12.0. The van der Waals surface area contributed by atoms with Crippen molar-refractivity contribution in [1.29, 1.82) is 0 Å². The first-order chi connectivity index (χ1) is 9.74. The Morgan fingerprint density at radius 1 is 1.48 bits per heavy atom. The number of thioether (sulfide) groups is 1. The Bertz CT molecular complexity index is 495. The highest BCUT2D eigenvalue weighted by atomic mass is 32.2. The summed E-state index contributed by atoms with van der Waals surface area (Å²) in [5, 5.41) is 2.37. The van der Waals surface area contributed by atoms with E-state index < -0.39 is 11.4 Å². The molecule has 0 spiro atoms. The van der Waals surface area contributed by atoms with E-state index in [1.54, 1.807) is 0 Å². The molecule has 1 aromatic rings. The Balaban J connectivity index is 2.70. The summed E-state index contributed by atoms with van der Waals surface area (Å²) in [6.07, 6.45) is 1.36. The van der Waals surface area contributed by atoms with Gasteiger partial charge >= 0.3 is 5.51 Å². The number of rotatable bonds is 6. The molecule has 0 aliphatic rings. The molecule has 0 saturated heterocycles. The van der Waals surface area contributed by atoms with Crippen LogP contribution in [0.2, 0.25) is 0 Å². The summed E-state index contributed by atoms with van der Waals surface area (Å²) in [4.78, 5) is 20.0. The number of carbonyl (C=O) groups excluding carboxylic acids is 1. The van der Waals surface area contributed by atoms with Crippen molar-refractivity contribution in [3.05, 3.63) is 17.7 Å². The minimum Gasteiger partial charge on any atom is -0.350 e. The maximum Gasteiger partial charge on any atom is 0.441 e. The number of hydrazine groups is 1. The molecule has 0 unspecified atom stereocenters. The molecule has 118 valence electrons. The van der Waals surface area contributed by atoms with Gasteiger partial charge in [0.2, 0.25) is 0 Å². The number of nitrogen functional groups attached to an aromatic ring is 1. The molecule has 1 rings (SSSR count). The van der Waals surface area contributed by atoms with Crippen LogP contribution in [0.25, 0.3) is 0 Å². The van der Waals surface area contributed by atoms with Crippen LogP contribution in [0, 0.1) is 0 Å². The fourth-order valence-electron chi connectivity index (χ4n) is 1.37. The highest BCUT2D eigenvalue weighted by Crippen LogP contribution is 2.29. The molecule has 0 aliphatic heterocycles. The number of carbonyl (C=O) groups is 1. The largest absolute Gasteiger partial charge is 0.441 e. The molecule has 0 aromatic carbocycles. The minimum absolute atomic E-state index is 0.00385. The first-order valence-electron chi connectivity index (χ1n) is 6.07. The second-order valence-electron chi connectivity index (χ2n) is 4.34. The molecule has 0 aliphatic carbocycles. The molecular formula is C11H16F3N5OS. The number of nitrogens with one attached hydrogen (secondary N) is 2. The van der Waals surface area contributed by atoms with Crippen molar-refractivity contribution < 1.29 is 18.0 Å². The van der Waals surface area contributed by atoms with Crippen molar-refractivity contribution in [2.24, 2.45) is 5.84 Å². The third kappa shape index (κ3) is 5.76. The molecule has 0 radical (unpaired) electrons. The van der Waals surface area contributed by atoms with Crippen LogP contribution in [0.1, 0.15) is 36.1 Å². The van der Waals surface area contributed by atoms with Gasteiger partial charge in [-0.25, -0.2) is 9.97 Å². The van der Waals surface area contributed by atoms with Crippen LogP contribution in [-0.2, 0) is 0 Å². The van der Waals surface area contributed by atoms with Gasteiger partial charge in [0.1, 0.15) is 5.82 Å². The lowest BCUT2D eigenvalue weighted by Crippen LogP contribution is -2.29. The molecule has 0 bridgehead atoms. The number of nitrogens with two attached hydrogens (primary N) is 1. The Kier molecular flexibility index (Phi) is 6.21. The summed E-state index contributed by atoms with van der Waals surface area (Å²) in [6, 6.07) is 0. The number of hydrogen-bond donors (Lipinski definition) is 3. The predicted molar refractivity (Wildman–Crippen MR) is 74.8 cm³/mol. The summed E-state index contributed by atoms with van der Waals surface area (Å²) in [6.45, 7) is 3.58. The van der Waals surface area contributed by atoms with Crippen molar-refractivity contribution >= 4 is 23.4 Å². The van der Waals surface area contributed by atoms with Gasteiger partial charge in [-0.2, -0.15) is 13.2 Å². The van der Waals surface area contributed by atoms with Crippen LogP contribution in [0.4, 0.5) is 18.9 Å². The predicted octanol–water partition coefficient (Wildman–Crippen LogP) is 1.87. The summed E-state index contributed by atoms with van der Waals surface area (Å²) in [7, 11) is 0. The molecule has 1 aromatic heterocycles. The van der Waals surface area contributed by atoms with E-state index in [0.29, 0.717) is 5.82 Å². The smallest absolute Gasteiger partial charge is 0.350 e. The van der Waals surface area contributed by atoms with Gasteiger partial charge < -0.3 is 10.7 Å². The van der Waals surface area contributed by atoms with E-state index in [1.807, 2.05) is 13.8 Å². The molecule has 4 N–H and O–H groups in total. The fourth-order valence-corrected chi connectivity index (χ4v) is 1.80. The van der Waals surface area contributed by atoms with E-state index in [1.165, 1.54) is 6.20 Å². The van der Waals surface area contributed by atoms with Gasteiger partial charge in [-0.3, -0.25) is 10.6 Å². The van der Waals surface area contributed by atoms with Crippen molar-refractivity contribution in [2.45, 2.75) is 25.3 Å². The van der Waals surface area contributed by atoms with Crippen LogP contribution in [-0.4, -0.2) is 33.7 Å². The molecule has 1 heterocycles. The Morgan fingerprint density at radius 3 is 2.67 bits per heavy atom. The van der Waals surface area contributed by atoms with Crippen LogP contribution in [0.15, 0.2) is 6.20 Å². The SMILES string of the molecule is CC(C)c1ncc(NN)c(C(=O)NCCSC(F)(F)F)n1. The van der Waals surface area contributed by atoms with Crippen LogP contribution < -0.4 is 16.6 Å². The number of hydrogen-bond acceptors (Lipinski definition) is 6. The second kappa shape index (κ2) is 7.46. The highest BCUT2D eigenvalue weighted by Gasteiger charge is 2.27. The summed E-state index contributed by atoms with van der Waals surface area (Å²) in [5.74, 6) is 4.84. The molecule has 6 nitrogen and oxygen atoms in total. The van der Waals surface area contributed by atoms with Crippen LogP contribution >= 0.6 is 11.8 Å². The number of nitrogens with zero attached hydrogens (tertiary/aromatic N) is 2. The molecule has 0 atom stereocenters. The van der Waals surface area contributed by atoms with Gasteiger partial charge in [0.15, 0.2) is 5.69 Å². The molecule has 21 heavy (non-hydrogen) atoms. The summed E-state index contributed by atoms with van der Waals surface area (Å²) in [5.41, 5.74) is -1.81. The van der Waals surface area contributed by atoms with E-state index in [9.17, 15) is 18.0 Å². The molecule has 0 fully saturated rings. The van der Waals surface area contributed by atoms with Crippen LogP contribution in [0.3, 0.4) is 0 Å². The average Bonchev–Trinajstić information content (AvgIpc) is 2.41. The third-order valence-corrected chi connectivity index (χ3v) is 3.08. The maximum absolute atomic E-state index is 12.0. The summed E-state index contributed by atoms with van der Waals surface area (Å²) < 4.78 is 35.9. The third-order valence-electron chi connectivity index (χ3n) is 2.35. The molecular weight excluding hydrogens is 307 g/mol. The molecule has 1 amide bonds. The standard InChI is InChI=1S/C11H16F3N5OS/c1-6(2)9-17-5-7(19-15)8(18-9)10(20)16-3-4-21-11(12,13)14/h5-6,19H,3-4,15H2,1-2H3,(H,16,20). The lowest BCUT2D eigenvalue weighted by molar-refractivity contribution is -0.0327. The highest BCUT2D eigenvalue weighted by molar-refractivity contribution is 8.00. The van der Waals surface area contributed by atoms with E-state index in [-0.39, 0.29) is 41.4 Å². The monoisotopic (exact) mass is 323 g/mol. The van der Waals surface area contributed by atoms with E-state index >= 15 is 0 Å². The zero-order valence-electron chi connectivity index (χ0n) is 11.5. The lowest BCUT2D eigenvalue weighted by atomic mass is 10.2. The van der Waals surface area contributed by atoms with Gasteiger partial charge in [0.25, 0.3) is 5.91 Å². The Labute approximate surface area is 124 Å². The Hall–Kier alpha value is -1.55. The van der Waals surface area contributed by atoms with E-state index in [4.69, 9.17) is 5.84 Å². The number of anilines is 1. The van der Waals surface area contributed by atoms with Gasteiger partial charge in [0.05, 0.1) is 11.9 Å². The fraction of sp³-hybridized carbons (Fsp3) is 0.545.